The molecule has 0 atom stereocenters. The van der Waals surface area contributed by atoms with Crippen molar-refractivity contribution >= 4 is 9.84 Å². The molecule has 0 spiro atoms. The van der Waals surface area contributed by atoms with Crippen molar-refractivity contribution < 1.29 is 17.9 Å². The minimum Gasteiger partial charge on any atom is -0.353 e. The lowest BCUT2D eigenvalue weighted by Crippen LogP contribution is -2.28. The third-order valence-electron chi connectivity index (χ3n) is 3.53. The molecule has 0 unspecified atom stereocenters. The minimum atomic E-state index is -2.92. The summed E-state index contributed by atoms with van der Waals surface area (Å²) in [7, 11) is -2.92. The quantitative estimate of drug-likeness (QED) is 0.757. The van der Waals surface area contributed by atoms with Crippen LogP contribution in [0.1, 0.15) is 38.5 Å². The molecule has 0 amide bonds. The average Bonchev–Trinajstić information content (AvgIpc) is 2.80. The van der Waals surface area contributed by atoms with Crippen molar-refractivity contribution in [3.63, 3.8) is 0 Å². The zero-order valence-electron chi connectivity index (χ0n) is 10.3. The summed E-state index contributed by atoms with van der Waals surface area (Å²) in [4.78, 5) is 0. The molecule has 100 valence electrons. The van der Waals surface area contributed by atoms with Crippen LogP contribution in [0.4, 0.5) is 0 Å². The highest BCUT2D eigenvalue weighted by atomic mass is 32.2. The molecule has 1 heterocycles. The predicted molar refractivity (Wildman–Crippen MR) is 65.5 cm³/mol. The number of sulfone groups is 1. The molecular weight excluding hydrogens is 240 g/mol. The van der Waals surface area contributed by atoms with Crippen molar-refractivity contribution in [2.24, 2.45) is 5.92 Å². The van der Waals surface area contributed by atoms with E-state index in [-0.39, 0.29) is 12.0 Å². The molecule has 1 saturated heterocycles. The van der Waals surface area contributed by atoms with E-state index in [4.69, 9.17) is 9.47 Å². The molecule has 0 bridgehead atoms. The van der Waals surface area contributed by atoms with Crippen molar-refractivity contribution in [1.29, 1.82) is 0 Å². The highest BCUT2D eigenvalue weighted by Crippen LogP contribution is 2.26. The highest BCUT2D eigenvalue weighted by Gasteiger charge is 2.24. The fourth-order valence-electron chi connectivity index (χ4n) is 2.60. The van der Waals surface area contributed by atoms with Gasteiger partial charge >= 0.3 is 0 Å². The Balaban J connectivity index is 1.72. The lowest BCUT2D eigenvalue weighted by Gasteiger charge is -2.23. The topological polar surface area (TPSA) is 52.6 Å². The van der Waals surface area contributed by atoms with Crippen molar-refractivity contribution in [3.8, 4) is 0 Å². The summed E-state index contributed by atoms with van der Waals surface area (Å²) in [5.41, 5.74) is 0. The molecule has 0 aromatic carbocycles. The van der Waals surface area contributed by atoms with E-state index in [0.717, 1.165) is 19.3 Å². The van der Waals surface area contributed by atoms with Crippen LogP contribution in [0.3, 0.4) is 0 Å². The zero-order chi connectivity index (χ0) is 12.1. The molecule has 0 aromatic heterocycles. The molecule has 1 aliphatic heterocycles. The van der Waals surface area contributed by atoms with Gasteiger partial charge in [-0.3, -0.25) is 0 Å². The van der Waals surface area contributed by atoms with Crippen LogP contribution < -0.4 is 0 Å². The van der Waals surface area contributed by atoms with E-state index in [1.165, 1.54) is 12.8 Å². The van der Waals surface area contributed by atoms with Crippen LogP contribution in [0.2, 0.25) is 0 Å². The third kappa shape index (κ3) is 4.56. The van der Waals surface area contributed by atoms with Crippen LogP contribution in [0.5, 0.6) is 0 Å². The van der Waals surface area contributed by atoms with Crippen molar-refractivity contribution in [2.45, 2.75) is 44.8 Å². The molecule has 17 heavy (non-hydrogen) atoms. The Morgan fingerprint density at radius 1 is 1.00 bits per heavy atom. The van der Waals surface area contributed by atoms with Crippen molar-refractivity contribution in [1.82, 2.24) is 0 Å². The van der Waals surface area contributed by atoms with Crippen LogP contribution >= 0.6 is 0 Å². The Hall–Kier alpha value is -0.130. The Morgan fingerprint density at radius 3 is 2.29 bits per heavy atom. The van der Waals surface area contributed by atoms with Gasteiger partial charge in [-0.05, 0) is 25.2 Å². The van der Waals surface area contributed by atoms with Gasteiger partial charge in [-0.2, -0.15) is 0 Å². The van der Waals surface area contributed by atoms with Gasteiger partial charge in [-0.15, -0.1) is 0 Å². The summed E-state index contributed by atoms with van der Waals surface area (Å²) in [5.74, 6) is 0.960. The third-order valence-corrected chi connectivity index (χ3v) is 5.36. The first-order valence-electron chi connectivity index (χ1n) is 6.59. The first-order valence-corrected chi connectivity index (χ1v) is 8.41. The maximum atomic E-state index is 11.9. The van der Waals surface area contributed by atoms with Gasteiger partial charge < -0.3 is 9.47 Å². The molecule has 1 saturated carbocycles. The van der Waals surface area contributed by atoms with Crippen molar-refractivity contribution in [3.05, 3.63) is 0 Å². The lowest BCUT2D eigenvalue weighted by atomic mass is 10.1. The second kappa shape index (κ2) is 6.16. The summed E-state index contributed by atoms with van der Waals surface area (Å²) in [6.45, 7) is 1.38. The molecule has 2 aliphatic rings. The van der Waals surface area contributed by atoms with E-state index >= 15 is 0 Å². The smallest absolute Gasteiger partial charge is 0.158 e. The Kier molecular flexibility index (Phi) is 4.82. The Bertz CT molecular complexity index is 313. The fraction of sp³-hybridized carbons (Fsp3) is 1.00. The second-order valence-corrected chi connectivity index (χ2v) is 7.31. The summed E-state index contributed by atoms with van der Waals surface area (Å²) in [6, 6.07) is 0. The summed E-state index contributed by atoms with van der Waals surface area (Å²) in [5, 5.41) is 0. The molecule has 2 rings (SSSR count). The highest BCUT2D eigenvalue weighted by molar-refractivity contribution is 7.91. The van der Waals surface area contributed by atoms with Gasteiger partial charge in [0.1, 0.15) is 0 Å². The van der Waals surface area contributed by atoms with Gasteiger partial charge in [-0.25, -0.2) is 8.42 Å². The normalized spacial score (nSPS) is 24.2. The molecule has 1 aliphatic carbocycles. The van der Waals surface area contributed by atoms with E-state index in [0.29, 0.717) is 31.3 Å². The molecule has 4 nitrogen and oxygen atoms in total. The molecular formula is C12H22O4S. The second-order valence-electron chi connectivity index (χ2n) is 5.08. The van der Waals surface area contributed by atoms with Gasteiger partial charge in [0.25, 0.3) is 0 Å². The zero-order valence-corrected chi connectivity index (χ0v) is 11.1. The molecule has 2 fully saturated rings. The van der Waals surface area contributed by atoms with E-state index < -0.39 is 9.84 Å². The van der Waals surface area contributed by atoms with Gasteiger partial charge in [0.05, 0.1) is 24.7 Å². The summed E-state index contributed by atoms with van der Waals surface area (Å²) >= 11 is 0. The number of rotatable bonds is 5. The van der Waals surface area contributed by atoms with Crippen molar-refractivity contribution in [2.75, 3.05) is 24.7 Å². The van der Waals surface area contributed by atoms with Crippen LogP contribution in [-0.4, -0.2) is 39.4 Å². The minimum absolute atomic E-state index is 0.203. The Morgan fingerprint density at radius 2 is 1.65 bits per heavy atom. The van der Waals surface area contributed by atoms with Gasteiger partial charge in [0.2, 0.25) is 0 Å². The van der Waals surface area contributed by atoms with Gasteiger partial charge in [-0.1, -0.05) is 12.8 Å². The van der Waals surface area contributed by atoms with E-state index in [9.17, 15) is 8.42 Å². The predicted octanol–water partition coefficient (Wildman–Crippen LogP) is 1.74. The van der Waals surface area contributed by atoms with E-state index in [1.54, 1.807) is 0 Å². The standard InChI is InChI=1S/C12H22O4S/c13-17(14,10-11-4-1-2-5-11)9-6-12-15-7-3-8-16-12/h11-12H,1-10H2. The summed E-state index contributed by atoms with van der Waals surface area (Å²) in [6.07, 6.45) is 5.62. The first-order chi connectivity index (χ1) is 8.16. The molecule has 5 heteroatoms. The number of ether oxygens (including phenoxy) is 2. The van der Waals surface area contributed by atoms with Crippen LogP contribution in [0.25, 0.3) is 0 Å². The fourth-order valence-corrected chi connectivity index (χ4v) is 4.37. The largest absolute Gasteiger partial charge is 0.353 e. The monoisotopic (exact) mass is 262 g/mol. The SMILES string of the molecule is O=S(=O)(CCC1OCCCO1)CC1CCCC1. The van der Waals surface area contributed by atoms with Crippen LogP contribution in [-0.2, 0) is 19.3 Å². The number of hydrogen-bond acceptors (Lipinski definition) is 4. The molecule has 0 aromatic rings. The summed E-state index contributed by atoms with van der Waals surface area (Å²) < 4.78 is 34.5. The molecule has 0 radical (unpaired) electrons. The van der Waals surface area contributed by atoms with E-state index in [1.807, 2.05) is 0 Å². The van der Waals surface area contributed by atoms with Crippen LogP contribution in [0.15, 0.2) is 0 Å². The lowest BCUT2D eigenvalue weighted by molar-refractivity contribution is -0.178. The average molecular weight is 262 g/mol. The maximum Gasteiger partial charge on any atom is 0.158 e. The van der Waals surface area contributed by atoms with Gasteiger partial charge in [0, 0.05) is 6.42 Å². The number of hydrogen-bond donors (Lipinski definition) is 0. The van der Waals surface area contributed by atoms with E-state index in [2.05, 4.69) is 0 Å². The molecule has 0 N–H and O–H groups in total. The first kappa shape index (κ1) is 13.3. The Labute approximate surface area is 104 Å². The van der Waals surface area contributed by atoms with Gasteiger partial charge in [0.15, 0.2) is 16.1 Å². The maximum absolute atomic E-state index is 11.9. The van der Waals surface area contributed by atoms with Crippen LogP contribution in [0, 0.1) is 5.92 Å².